The van der Waals surface area contributed by atoms with E-state index >= 15 is 0 Å². The molecule has 2 heterocycles. The van der Waals surface area contributed by atoms with Crippen LogP contribution in [0.25, 0.3) is 5.69 Å². The van der Waals surface area contributed by atoms with Crippen molar-refractivity contribution < 1.29 is 9.53 Å². The van der Waals surface area contributed by atoms with Crippen molar-refractivity contribution in [3.63, 3.8) is 0 Å². The summed E-state index contributed by atoms with van der Waals surface area (Å²) in [5.41, 5.74) is 6.61. The Labute approximate surface area is 204 Å². The highest BCUT2D eigenvalue weighted by Gasteiger charge is 2.19. The van der Waals surface area contributed by atoms with Crippen LogP contribution < -0.4 is 4.74 Å². The third kappa shape index (κ3) is 5.58. The van der Waals surface area contributed by atoms with E-state index in [9.17, 15) is 4.79 Å². The first kappa shape index (κ1) is 23.8. The van der Waals surface area contributed by atoms with Gasteiger partial charge in [-0.25, -0.2) is 4.68 Å². The van der Waals surface area contributed by atoms with E-state index in [4.69, 9.17) is 9.84 Å². The van der Waals surface area contributed by atoms with Crippen molar-refractivity contribution in [2.75, 3.05) is 25.2 Å². The zero-order valence-corrected chi connectivity index (χ0v) is 21.3. The number of hydrogen-bond acceptors (Lipinski definition) is 5. The van der Waals surface area contributed by atoms with Gasteiger partial charge in [-0.3, -0.25) is 4.79 Å². The largest absolute Gasteiger partial charge is 0.484 e. The van der Waals surface area contributed by atoms with Crippen molar-refractivity contribution in [1.82, 2.24) is 14.7 Å². The number of hydrogen-bond donors (Lipinski definition) is 0. The number of ether oxygens (including phenoxy) is 1. The first-order valence-electron chi connectivity index (χ1n) is 11.2. The molecule has 0 bridgehead atoms. The molecule has 0 N–H and O–H groups in total. The van der Waals surface area contributed by atoms with E-state index < -0.39 is 0 Å². The molecule has 0 radical (unpaired) electrons. The number of amides is 1. The van der Waals surface area contributed by atoms with Crippen LogP contribution in [0.15, 0.2) is 48.5 Å². The number of carbonyl (C=O) groups excluding carboxylic acids is 1. The quantitative estimate of drug-likeness (QED) is 0.433. The summed E-state index contributed by atoms with van der Waals surface area (Å²) in [5.74, 6) is 3.12. The molecule has 0 aliphatic carbocycles. The van der Waals surface area contributed by atoms with Crippen LogP contribution in [0.1, 0.15) is 39.1 Å². The molecule has 1 fully saturated rings. The number of likely N-dealkylation sites (N-methyl/N-ethyl adjacent to an activating group) is 1. The van der Waals surface area contributed by atoms with Gasteiger partial charge in [-0.05, 0) is 68.0 Å². The zero-order chi connectivity index (χ0) is 23.4. The van der Waals surface area contributed by atoms with Crippen molar-refractivity contribution in [3.05, 3.63) is 76.6 Å². The van der Waals surface area contributed by atoms with Gasteiger partial charge in [0.15, 0.2) is 6.61 Å². The molecule has 0 spiro atoms. The summed E-state index contributed by atoms with van der Waals surface area (Å²) >= 11 is 4.01. The number of thioether (sulfide) groups is 2. The van der Waals surface area contributed by atoms with Crippen molar-refractivity contribution >= 4 is 29.4 Å². The van der Waals surface area contributed by atoms with E-state index in [0.29, 0.717) is 11.1 Å². The van der Waals surface area contributed by atoms with E-state index in [1.54, 1.807) is 4.90 Å². The summed E-state index contributed by atoms with van der Waals surface area (Å²) in [5, 5.41) is 4.74. The Morgan fingerprint density at radius 3 is 2.48 bits per heavy atom. The van der Waals surface area contributed by atoms with Gasteiger partial charge in [0.05, 0.1) is 16.0 Å². The van der Waals surface area contributed by atoms with Crippen LogP contribution in [0.4, 0.5) is 0 Å². The predicted molar refractivity (Wildman–Crippen MR) is 138 cm³/mol. The lowest BCUT2D eigenvalue weighted by Gasteiger charge is -2.21. The molecule has 4 rings (SSSR count). The fourth-order valence-electron chi connectivity index (χ4n) is 3.92. The number of para-hydroxylation sites is 1. The standard InChI is InChI=1S/C26H31N3O2S2/c1-18-8-5-6-9-24(18)29-20(3)23(19(2)27-29)16-28(4)25(30)17-31-22-12-10-21(11-13-22)26-32-14-7-15-33-26/h5-6,8-13,26H,7,14-17H2,1-4H3. The first-order valence-corrected chi connectivity index (χ1v) is 13.3. The zero-order valence-electron chi connectivity index (χ0n) is 19.7. The highest BCUT2D eigenvalue weighted by Crippen LogP contribution is 2.43. The van der Waals surface area contributed by atoms with Crippen LogP contribution in [-0.4, -0.2) is 45.7 Å². The van der Waals surface area contributed by atoms with Crippen molar-refractivity contribution in [3.8, 4) is 11.4 Å². The molecule has 0 saturated carbocycles. The molecule has 174 valence electrons. The first-order chi connectivity index (χ1) is 15.9. The molecule has 0 atom stereocenters. The summed E-state index contributed by atoms with van der Waals surface area (Å²) in [6.07, 6.45) is 1.29. The normalized spacial score (nSPS) is 14.3. The molecule has 7 heteroatoms. The number of benzene rings is 2. The number of aryl methyl sites for hydroxylation is 2. The molecule has 5 nitrogen and oxygen atoms in total. The number of carbonyl (C=O) groups is 1. The second-order valence-corrected chi connectivity index (χ2v) is 11.1. The minimum absolute atomic E-state index is 0.0206. The monoisotopic (exact) mass is 481 g/mol. The average Bonchev–Trinajstić information content (AvgIpc) is 3.11. The number of rotatable bonds is 7. The van der Waals surface area contributed by atoms with E-state index in [0.717, 1.165) is 28.4 Å². The van der Waals surface area contributed by atoms with Crippen molar-refractivity contribution in [2.45, 2.75) is 38.3 Å². The van der Waals surface area contributed by atoms with Gasteiger partial charge in [-0.15, -0.1) is 23.5 Å². The molecular formula is C26H31N3O2S2. The summed E-state index contributed by atoms with van der Waals surface area (Å²) in [4.78, 5) is 14.5. The summed E-state index contributed by atoms with van der Waals surface area (Å²) < 4.78 is 8.27. The molecule has 33 heavy (non-hydrogen) atoms. The van der Waals surface area contributed by atoms with E-state index in [2.05, 4.69) is 38.1 Å². The Bertz CT molecular complexity index is 1110. The Morgan fingerprint density at radius 2 is 1.79 bits per heavy atom. The maximum atomic E-state index is 12.8. The lowest BCUT2D eigenvalue weighted by atomic mass is 10.1. The van der Waals surface area contributed by atoms with Crippen LogP contribution in [-0.2, 0) is 11.3 Å². The van der Waals surface area contributed by atoms with Crippen LogP contribution in [0.5, 0.6) is 5.75 Å². The van der Waals surface area contributed by atoms with Gasteiger partial charge < -0.3 is 9.64 Å². The van der Waals surface area contributed by atoms with Gasteiger partial charge in [-0.1, -0.05) is 30.3 Å². The number of nitrogens with zero attached hydrogens (tertiary/aromatic N) is 3. The highest BCUT2D eigenvalue weighted by molar-refractivity contribution is 8.16. The third-order valence-electron chi connectivity index (χ3n) is 5.95. The summed E-state index contributed by atoms with van der Waals surface area (Å²) in [7, 11) is 1.82. The number of aromatic nitrogens is 2. The Hall–Kier alpha value is -2.38. The van der Waals surface area contributed by atoms with Gasteiger partial charge >= 0.3 is 0 Å². The fourth-order valence-corrected chi connectivity index (χ4v) is 6.82. The summed E-state index contributed by atoms with van der Waals surface area (Å²) in [6.45, 7) is 6.66. The van der Waals surface area contributed by atoms with E-state index in [1.165, 1.54) is 29.1 Å². The van der Waals surface area contributed by atoms with Crippen LogP contribution >= 0.6 is 23.5 Å². The Kier molecular flexibility index (Phi) is 7.71. The fraction of sp³-hybridized carbons (Fsp3) is 0.385. The Morgan fingerprint density at radius 1 is 1.09 bits per heavy atom. The molecule has 1 aromatic heterocycles. The van der Waals surface area contributed by atoms with Crippen LogP contribution in [0.2, 0.25) is 0 Å². The second kappa shape index (κ2) is 10.7. The van der Waals surface area contributed by atoms with Gasteiger partial charge in [0, 0.05) is 24.8 Å². The van der Waals surface area contributed by atoms with Gasteiger partial charge in [0.1, 0.15) is 5.75 Å². The van der Waals surface area contributed by atoms with Crippen LogP contribution in [0, 0.1) is 20.8 Å². The van der Waals surface area contributed by atoms with Gasteiger partial charge in [-0.2, -0.15) is 5.10 Å². The van der Waals surface area contributed by atoms with E-state index in [1.807, 2.05) is 66.4 Å². The minimum atomic E-state index is -0.0556. The highest BCUT2D eigenvalue weighted by atomic mass is 32.2. The summed E-state index contributed by atoms with van der Waals surface area (Å²) in [6, 6.07) is 16.4. The average molecular weight is 482 g/mol. The lowest BCUT2D eigenvalue weighted by Crippen LogP contribution is -2.31. The van der Waals surface area contributed by atoms with Crippen LogP contribution in [0.3, 0.4) is 0 Å². The van der Waals surface area contributed by atoms with Gasteiger partial charge in [0.2, 0.25) is 0 Å². The third-order valence-corrected chi connectivity index (χ3v) is 8.96. The Balaban J connectivity index is 1.36. The minimum Gasteiger partial charge on any atom is -0.484 e. The molecule has 3 aromatic rings. The van der Waals surface area contributed by atoms with Crippen molar-refractivity contribution in [2.24, 2.45) is 0 Å². The maximum Gasteiger partial charge on any atom is 0.260 e. The molecular weight excluding hydrogens is 450 g/mol. The predicted octanol–water partition coefficient (Wildman–Crippen LogP) is 5.70. The maximum absolute atomic E-state index is 12.8. The molecule has 1 amide bonds. The topological polar surface area (TPSA) is 47.4 Å². The van der Waals surface area contributed by atoms with Crippen molar-refractivity contribution in [1.29, 1.82) is 0 Å². The van der Waals surface area contributed by atoms with E-state index in [-0.39, 0.29) is 12.5 Å². The second-order valence-electron chi connectivity index (χ2n) is 8.38. The molecule has 1 aliphatic heterocycles. The van der Waals surface area contributed by atoms with Gasteiger partial charge in [0.25, 0.3) is 5.91 Å². The SMILES string of the molecule is Cc1ccccc1-n1nc(C)c(CN(C)C(=O)COc2ccc(C3SCCCS3)cc2)c1C. The smallest absolute Gasteiger partial charge is 0.260 e. The lowest BCUT2D eigenvalue weighted by molar-refractivity contribution is -0.132. The molecule has 1 aliphatic rings. The molecule has 1 saturated heterocycles. The molecule has 0 unspecified atom stereocenters. The molecule has 2 aromatic carbocycles.